The van der Waals surface area contributed by atoms with Gasteiger partial charge >= 0.3 is 0 Å². The van der Waals surface area contributed by atoms with E-state index in [9.17, 15) is 8.78 Å². The molecule has 3 aromatic rings. The van der Waals surface area contributed by atoms with Gasteiger partial charge in [0.05, 0.1) is 11.4 Å². The Labute approximate surface area is 145 Å². The van der Waals surface area contributed by atoms with Gasteiger partial charge in [0.15, 0.2) is 0 Å². The van der Waals surface area contributed by atoms with E-state index in [2.05, 4.69) is 15.5 Å². The van der Waals surface area contributed by atoms with Crippen LogP contribution in [0.2, 0.25) is 0 Å². The summed E-state index contributed by atoms with van der Waals surface area (Å²) in [6.07, 6.45) is 0. The van der Waals surface area contributed by atoms with E-state index in [0.29, 0.717) is 28.2 Å². The lowest BCUT2D eigenvalue weighted by molar-refractivity contribution is 0.618. The molecule has 0 heterocycles. The fraction of sp³-hybridized carbons (Fsp3) is 0.100. The third kappa shape index (κ3) is 4.26. The minimum atomic E-state index is -0.304. The maximum absolute atomic E-state index is 13.6. The fourth-order valence-corrected chi connectivity index (χ4v) is 2.21. The Kier molecular flexibility index (Phi) is 4.84. The van der Waals surface area contributed by atoms with E-state index in [1.807, 2.05) is 18.2 Å². The number of aryl methyl sites for hydroxylation is 2. The second-order valence-electron chi connectivity index (χ2n) is 5.77. The Hall–Kier alpha value is -3.08. The molecule has 0 aromatic heterocycles. The van der Waals surface area contributed by atoms with Crippen molar-refractivity contribution < 1.29 is 8.78 Å². The number of azo groups is 1. The number of anilines is 2. The first kappa shape index (κ1) is 16.8. The zero-order chi connectivity index (χ0) is 17.8. The van der Waals surface area contributed by atoms with E-state index in [1.165, 1.54) is 12.1 Å². The van der Waals surface area contributed by atoms with Crippen molar-refractivity contribution in [1.29, 1.82) is 0 Å². The minimum Gasteiger partial charge on any atom is -0.355 e. The Morgan fingerprint density at radius 1 is 0.640 bits per heavy atom. The monoisotopic (exact) mass is 337 g/mol. The molecule has 0 bridgehead atoms. The minimum absolute atomic E-state index is 0.249. The molecule has 126 valence electrons. The topological polar surface area (TPSA) is 36.8 Å². The molecule has 0 radical (unpaired) electrons. The van der Waals surface area contributed by atoms with Crippen molar-refractivity contribution in [3.63, 3.8) is 0 Å². The summed E-state index contributed by atoms with van der Waals surface area (Å²) in [4.78, 5) is 0. The standard InChI is InChI=1S/C20H17F2N3/c1-13-3-5-17(11-19(13)21)23-15-7-9-16(10-8-15)24-25-18-6-4-14(2)20(22)12-18/h3-12,23H,1-2H3. The first-order valence-electron chi connectivity index (χ1n) is 7.82. The third-order valence-electron chi connectivity index (χ3n) is 3.76. The Bertz CT molecular complexity index is 919. The van der Waals surface area contributed by atoms with Crippen LogP contribution >= 0.6 is 0 Å². The molecule has 0 amide bonds. The number of benzene rings is 3. The first-order chi connectivity index (χ1) is 12.0. The number of nitrogens with zero attached hydrogens (tertiary/aromatic N) is 2. The zero-order valence-electron chi connectivity index (χ0n) is 13.9. The predicted octanol–water partition coefficient (Wildman–Crippen LogP) is 6.74. The lowest BCUT2D eigenvalue weighted by Gasteiger charge is -2.07. The number of hydrogen-bond acceptors (Lipinski definition) is 3. The molecule has 3 aromatic carbocycles. The summed E-state index contributed by atoms with van der Waals surface area (Å²) in [5.74, 6) is -0.554. The van der Waals surface area contributed by atoms with Gasteiger partial charge in [0.2, 0.25) is 0 Å². The molecule has 0 aliphatic heterocycles. The van der Waals surface area contributed by atoms with E-state index in [1.54, 1.807) is 44.2 Å². The summed E-state index contributed by atoms with van der Waals surface area (Å²) >= 11 is 0. The van der Waals surface area contributed by atoms with Crippen molar-refractivity contribution >= 4 is 22.7 Å². The van der Waals surface area contributed by atoms with Crippen LogP contribution in [0.25, 0.3) is 0 Å². The van der Waals surface area contributed by atoms with Crippen molar-refractivity contribution in [2.24, 2.45) is 10.2 Å². The lowest BCUT2D eigenvalue weighted by atomic mass is 10.2. The molecule has 0 aliphatic carbocycles. The summed E-state index contributed by atoms with van der Waals surface area (Å²) in [6.45, 7) is 3.42. The highest BCUT2D eigenvalue weighted by atomic mass is 19.1. The van der Waals surface area contributed by atoms with Crippen molar-refractivity contribution in [3.8, 4) is 0 Å². The highest BCUT2D eigenvalue weighted by Crippen LogP contribution is 2.24. The van der Waals surface area contributed by atoms with Gasteiger partial charge in [-0.1, -0.05) is 12.1 Å². The molecule has 5 heteroatoms. The van der Waals surface area contributed by atoms with Crippen LogP contribution in [0.15, 0.2) is 70.9 Å². The first-order valence-corrected chi connectivity index (χ1v) is 7.82. The lowest BCUT2D eigenvalue weighted by Crippen LogP contribution is -1.91. The van der Waals surface area contributed by atoms with Crippen LogP contribution in [0.4, 0.5) is 31.5 Å². The van der Waals surface area contributed by atoms with Crippen LogP contribution in [-0.4, -0.2) is 0 Å². The maximum Gasteiger partial charge on any atom is 0.128 e. The van der Waals surface area contributed by atoms with Crippen LogP contribution in [0, 0.1) is 25.5 Å². The predicted molar refractivity (Wildman–Crippen MR) is 96.2 cm³/mol. The van der Waals surface area contributed by atoms with Gasteiger partial charge in [-0.2, -0.15) is 10.2 Å². The van der Waals surface area contributed by atoms with Crippen LogP contribution in [0.5, 0.6) is 0 Å². The van der Waals surface area contributed by atoms with Gasteiger partial charge in [-0.15, -0.1) is 0 Å². The molecule has 3 nitrogen and oxygen atoms in total. The van der Waals surface area contributed by atoms with Gasteiger partial charge in [0.1, 0.15) is 11.6 Å². The van der Waals surface area contributed by atoms with E-state index < -0.39 is 0 Å². The van der Waals surface area contributed by atoms with Gasteiger partial charge in [-0.05, 0) is 67.4 Å². The molecule has 1 N–H and O–H groups in total. The fourth-order valence-electron chi connectivity index (χ4n) is 2.21. The molecule has 0 spiro atoms. The molecule has 3 rings (SSSR count). The summed E-state index contributed by atoms with van der Waals surface area (Å²) in [5.41, 5.74) is 3.76. The Balaban J connectivity index is 1.70. The van der Waals surface area contributed by atoms with E-state index in [4.69, 9.17) is 0 Å². The highest BCUT2D eigenvalue weighted by molar-refractivity contribution is 5.62. The highest BCUT2D eigenvalue weighted by Gasteiger charge is 2.01. The molecular formula is C20H17F2N3. The normalized spacial score (nSPS) is 11.0. The SMILES string of the molecule is Cc1ccc(N=Nc2ccc(Nc3ccc(C)c(F)c3)cc2)cc1F. The Morgan fingerprint density at radius 2 is 1.16 bits per heavy atom. The summed E-state index contributed by atoms with van der Waals surface area (Å²) in [7, 11) is 0. The number of nitrogens with one attached hydrogen (secondary N) is 1. The largest absolute Gasteiger partial charge is 0.355 e. The average Bonchev–Trinajstić information content (AvgIpc) is 2.60. The van der Waals surface area contributed by atoms with Crippen molar-refractivity contribution in [1.82, 2.24) is 0 Å². The van der Waals surface area contributed by atoms with Crippen LogP contribution in [-0.2, 0) is 0 Å². The van der Waals surface area contributed by atoms with Gasteiger partial charge in [0, 0.05) is 17.4 Å². The van der Waals surface area contributed by atoms with Crippen molar-refractivity contribution in [2.75, 3.05) is 5.32 Å². The van der Waals surface area contributed by atoms with Crippen LogP contribution < -0.4 is 5.32 Å². The third-order valence-corrected chi connectivity index (χ3v) is 3.76. The number of halogens is 2. The molecule has 0 fully saturated rings. The van der Waals surface area contributed by atoms with Crippen LogP contribution in [0.1, 0.15) is 11.1 Å². The van der Waals surface area contributed by atoms with Gasteiger partial charge in [-0.25, -0.2) is 8.78 Å². The molecule has 0 atom stereocenters. The second kappa shape index (κ2) is 7.21. The van der Waals surface area contributed by atoms with Gasteiger partial charge in [0.25, 0.3) is 0 Å². The smallest absolute Gasteiger partial charge is 0.128 e. The number of hydrogen-bond donors (Lipinski definition) is 1. The van der Waals surface area contributed by atoms with E-state index in [-0.39, 0.29) is 11.6 Å². The summed E-state index contributed by atoms with van der Waals surface area (Å²) < 4.78 is 27.0. The van der Waals surface area contributed by atoms with Crippen LogP contribution in [0.3, 0.4) is 0 Å². The summed E-state index contributed by atoms with van der Waals surface area (Å²) in [5, 5.41) is 11.2. The van der Waals surface area contributed by atoms with E-state index in [0.717, 1.165) is 5.69 Å². The molecule has 0 saturated heterocycles. The summed E-state index contributed by atoms with van der Waals surface area (Å²) in [6, 6.07) is 16.9. The Morgan fingerprint density at radius 3 is 1.80 bits per heavy atom. The number of rotatable bonds is 4. The van der Waals surface area contributed by atoms with E-state index >= 15 is 0 Å². The van der Waals surface area contributed by atoms with Crippen molar-refractivity contribution in [3.05, 3.63) is 83.4 Å². The molecule has 0 aliphatic rings. The second-order valence-corrected chi connectivity index (χ2v) is 5.77. The molecular weight excluding hydrogens is 320 g/mol. The quantitative estimate of drug-likeness (QED) is 0.526. The van der Waals surface area contributed by atoms with Gasteiger partial charge < -0.3 is 5.32 Å². The molecule has 25 heavy (non-hydrogen) atoms. The average molecular weight is 337 g/mol. The van der Waals surface area contributed by atoms with Crippen molar-refractivity contribution in [2.45, 2.75) is 13.8 Å². The molecule has 0 saturated carbocycles. The molecule has 0 unspecified atom stereocenters. The maximum atomic E-state index is 13.6. The van der Waals surface area contributed by atoms with Gasteiger partial charge in [-0.3, -0.25) is 0 Å². The zero-order valence-corrected chi connectivity index (χ0v) is 13.9.